The molecule has 2 aliphatic rings. The number of unbranched alkanes of at least 4 members (excludes halogenated alkanes) is 1. The van der Waals surface area contributed by atoms with Crippen LogP contribution in [0.25, 0.3) is 0 Å². The molecule has 140 valence electrons. The highest BCUT2D eigenvalue weighted by Gasteiger charge is 2.48. The maximum atomic E-state index is 2.60. The molecule has 3 atom stereocenters. The quantitative estimate of drug-likeness (QED) is 0.447. The van der Waals surface area contributed by atoms with Gasteiger partial charge < -0.3 is 0 Å². The van der Waals surface area contributed by atoms with Gasteiger partial charge in [-0.15, -0.1) is 0 Å². The van der Waals surface area contributed by atoms with E-state index in [0.717, 1.165) is 11.3 Å². The molecule has 0 aromatic heterocycles. The van der Waals surface area contributed by atoms with Crippen LogP contribution in [0.15, 0.2) is 85.0 Å². The molecule has 1 aliphatic carbocycles. The smallest absolute Gasteiger partial charge is 0.0132 e. The molecule has 2 aromatic rings. The van der Waals surface area contributed by atoms with Gasteiger partial charge in [0.05, 0.1) is 0 Å². The zero-order valence-corrected chi connectivity index (χ0v) is 17.3. The van der Waals surface area contributed by atoms with Gasteiger partial charge in [-0.3, -0.25) is 0 Å². The lowest BCUT2D eigenvalue weighted by atomic mass is 9.94. The highest BCUT2D eigenvalue weighted by atomic mass is 31.1. The third-order valence-corrected chi connectivity index (χ3v) is 10.4. The van der Waals surface area contributed by atoms with E-state index in [1.165, 1.54) is 38.5 Å². The molecule has 1 saturated heterocycles. The third-order valence-electron chi connectivity index (χ3n) is 6.36. The van der Waals surface area contributed by atoms with Crippen molar-refractivity contribution in [2.45, 2.75) is 61.9 Å². The summed E-state index contributed by atoms with van der Waals surface area (Å²) in [5.74, 6) is 0. The van der Waals surface area contributed by atoms with Gasteiger partial charge in [-0.25, -0.2) is 0 Å². The van der Waals surface area contributed by atoms with Crippen molar-refractivity contribution in [3.63, 3.8) is 0 Å². The molecule has 0 N–H and O–H groups in total. The Labute approximate surface area is 166 Å². The van der Waals surface area contributed by atoms with Crippen LogP contribution in [0.2, 0.25) is 0 Å². The molecule has 1 aliphatic heterocycles. The van der Waals surface area contributed by atoms with Crippen LogP contribution >= 0.6 is 7.92 Å². The molecule has 3 unspecified atom stereocenters. The number of benzene rings is 2. The van der Waals surface area contributed by atoms with Crippen LogP contribution in [0.1, 0.15) is 67.9 Å². The summed E-state index contributed by atoms with van der Waals surface area (Å²) < 4.78 is 0. The van der Waals surface area contributed by atoms with Crippen molar-refractivity contribution in [3.8, 4) is 0 Å². The van der Waals surface area contributed by atoms with E-state index >= 15 is 0 Å². The average molecular weight is 375 g/mol. The van der Waals surface area contributed by atoms with Crippen LogP contribution in [0.4, 0.5) is 0 Å². The number of rotatable bonds is 6. The Bertz CT molecular complexity index is 729. The fraction of sp³-hybridized carbons (Fsp3) is 0.385. The van der Waals surface area contributed by atoms with Crippen LogP contribution in [0.5, 0.6) is 0 Å². The molecule has 0 nitrogen and oxygen atoms in total. The van der Waals surface area contributed by atoms with Gasteiger partial charge in [-0.2, -0.15) is 0 Å². The first-order valence-electron chi connectivity index (χ1n) is 10.6. The molecule has 27 heavy (non-hydrogen) atoms. The molecule has 1 heterocycles. The average Bonchev–Trinajstić information content (AvgIpc) is 3.20. The fourth-order valence-electron chi connectivity index (χ4n) is 5.08. The summed E-state index contributed by atoms with van der Waals surface area (Å²) in [5.41, 5.74) is 4.58. The Balaban J connectivity index is 1.77. The molecule has 0 radical (unpaired) electrons. The van der Waals surface area contributed by atoms with E-state index in [4.69, 9.17) is 0 Å². The lowest BCUT2D eigenvalue weighted by molar-refractivity contribution is 0.584. The van der Waals surface area contributed by atoms with Gasteiger partial charge in [0, 0.05) is 16.5 Å². The number of hydrogen-bond donors (Lipinski definition) is 0. The normalized spacial score (nSPS) is 29.9. The molecule has 0 amide bonds. The minimum atomic E-state index is -0.177. The molecule has 0 saturated carbocycles. The minimum Gasteiger partial charge on any atom is -0.0833 e. The first kappa shape index (κ1) is 18.7. The van der Waals surface area contributed by atoms with Gasteiger partial charge in [0.2, 0.25) is 0 Å². The zero-order valence-electron chi connectivity index (χ0n) is 16.4. The Kier molecular flexibility index (Phi) is 5.94. The van der Waals surface area contributed by atoms with Crippen molar-refractivity contribution >= 4 is 7.92 Å². The second kappa shape index (κ2) is 8.57. The Morgan fingerprint density at radius 3 is 1.93 bits per heavy atom. The summed E-state index contributed by atoms with van der Waals surface area (Å²) in [4.78, 5) is 0. The topological polar surface area (TPSA) is 0 Å². The van der Waals surface area contributed by atoms with E-state index in [9.17, 15) is 0 Å². The summed E-state index contributed by atoms with van der Waals surface area (Å²) in [6, 6.07) is 22.8. The van der Waals surface area contributed by atoms with Crippen molar-refractivity contribution in [2.75, 3.05) is 0 Å². The van der Waals surface area contributed by atoms with Crippen LogP contribution in [0, 0.1) is 0 Å². The lowest BCUT2D eigenvalue weighted by Crippen LogP contribution is -2.27. The van der Waals surface area contributed by atoms with Gasteiger partial charge in [0.1, 0.15) is 0 Å². The minimum absolute atomic E-state index is 0.177. The number of allylic oxidation sites excluding steroid dienone is 4. The van der Waals surface area contributed by atoms with Crippen molar-refractivity contribution in [2.24, 2.45) is 0 Å². The molecular weight excluding hydrogens is 343 g/mol. The molecule has 1 fully saturated rings. The molecule has 1 heteroatoms. The SMILES string of the molecule is CCCCC1(P2C(c3ccccc3)CCC2c2ccccc2)C=CC=CC1. The van der Waals surface area contributed by atoms with Crippen LogP contribution in [-0.2, 0) is 0 Å². The van der Waals surface area contributed by atoms with Crippen LogP contribution in [-0.4, -0.2) is 5.16 Å². The summed E-state index contributed by atoms with van der Waals surface area (Å²) in [6.07, 6.45) is 17.5. The second-order valence-corrected chi connectivity index (χ2v) is 11.0. The third kappa shape index (κ3) is 3.83. The van der Waals surface area contributed by atoms with Gasteiger partial charge in [-0.1, -0.05) is 113 Å². The van der Waals surface area contributed by atoms with Crippen molar-refractivity contribution in [3.05, 3.63) is 96.1 Å². The van der Waals surface area contributed by atoms with Gasteiger partial charge in [-0.05, 0) is 36.8 Å². The van der Waals surface area contributed by atoms with Crippen LogP contribution in [0.3, 0.4) is 0 Å². The molecule has 0 bridgehead atoms. The predicted molar refractivity (Wildman–Crippen MR) is 120 cm³/mol. The van der Waals surface area contributed by atoms with Gasteiger partial charge in [0.25, 0.3) is 0 Å². The van der Waals surface area contributed by atoms with Crippen molar-refractivity contribution in [1.29, 1.82) is 0 Å². The molecule has 4 rings (SSSR count). The Hall–Kier alpha value is -1.65. The van der Waals surface area contributed by atoms with E-state index in [2.05, 4.69) is 91.9 Å². The van der Waals surface area contributed by atoms with Crippen molar-refractivity contribution < 1.29 is 0 Å². The maximum absolute atomic E-state index is 2.60. The largest absolute Gasteiger partial charge is 0.0833 e. The fourth-order valence-corrected chi connectivity index (χ4v) is 9.59. The van der Waals surface area contributed by atoms with Gasteiger partial charge in [0.15, 0.2) is 0 Å². The number of hydrogen-bond acceptors (Lipinski definition) is 0. The first-order valence-corrected chi connectivity index (χ1v) is 12.0. The van der Waals surface area contributed by atoms with E-state index in [-0.39, 0.29) is 7.92 Å². The summed E-state index contributed by atoms with van der Waals surface area (Å²) in [6.45, 7) is 2.33. The highest BCUT2D eigenvalue weighted by molar-refractivity contribution is 7.60. The lowest BCUT2D eigenvalue weighted by Gasteiger charge is -2.44. The van der Waals surface area contributed by atoms with Crippen molar-refractivity contribution in [1.82, 2.24) is 0 Å². The molecule has 0 spiro atoms. The molecular formula is C26H31P. The van der Waals surface area contributed by atoms with E-state index in [1.54, 1.807) is 11.1 Å². The summed E-state index contributed by atoms with van der Waals surface area (Å²) >= 11 is 0. The van der Waals surface area contributed by atoms with E-state index in [1.807, 2.05) is 0 Å². The Morgan fingerprint density at radius 2 is 1.44 bits per heavy atom. The Morgan fingerprint density at radius 1 is 0.852 bits per heavy atom. The van der Waals surface area contributed by atoms with Gasteiger partial charge >= 0.3 is 0 Å². The molecule has 2 aromatic carbocycles. The predicted octanol–water partition coefficient (Wildman–Crippen LogP) is 8.19. The maximum Gasteiger partial charge on any atom is 0.0132 e. The standard InChI is InChI=1S/C26H31P/c1-2-3-19-26(20-11-6-12-21-26)27-24(22-13-7-4-8-14-22)17-18-25(27)23-15-9-5-10-16-23/h4-16,20,24-25H,2-3,17-19,21H2,1H3. The monoisotopic (exact) mass is 374 g/mol. The first-order chi connectivity index (χ1) is 13.3. The highest BCUT2D eigenvalue weighted by Crippen LogP contribution is 2.78. The van der Waals surface area contributed by atoms with Crippen LogP contribution < -0.4 is 0 Å². The van der Waals surface area contributed by atoms with E-state index in [0.29, 0.717) is 5.16 Å². The zero-order chi connectivity index (χ0) is 18.5. The summed E-state index contributed by atoms with van der Waals surface area (Å²) in [5, 5.41) is 0.359. The summed E-state index contributed by atoms with van der Waals surface area (Å²) in [7, 11) is -0.177. The second-order valence-electron chi connectivity index (χ2n) is 8.04. The van der Waals surface area contributed by atoms with E-state index < -0.39 is 0 Å².